The molecule has 0 aliphatic carbocycles. The second kappa shape index (κ2) is 4.28. The Balaban J connectivity index is 2.41. The van der Waals surface area contributed by atoms with Gasteiger partial charge in [-0.25, -0.2) is 0 Å². The lowest BCUT2D eigenvalue weighted by molar-refractivity contribution is 0.715. The monoisotopic (exact) mass is 235 g/mol. The molecule has 2 N–H and O–H groups in total. The minimum absolute atomic E-state index is 0.270. The number of rotatable bonds is 2. The summed E-state index contributed by atoms with van der Waals surface area (Å²) in [5.74, 6) is 0. The van der Waals surface area contributed by atoms with Crippen molar-refractivity contribution < 1.29 is 0 Å². The van der Waals surface area contributed by atoms with Gasteiger partial charge in [0.25, 0.3) is 0 Å². The molecular formula is C12H14ClN3. The first-order chi connectivity index (χ1) is 7.59. The molecule has 0 saturated carbocycles. The van der Waals surface area contributed by atoms with Gasteiger partial charge in [0.15, 0.2) is 0 Å². The lowest BCUT2D eigenvalue weighted by atomic mass is 10.0. The first-order valence-corrected chi connectivity index (χ1v) is 5.47. The third-order valence-electron chi connectivity index (χ3n) is 2.61. The van der Waals surface area contributed by atoms with Crippen molar-refractivity contribution in [1.82, 2.24) is 9.78 Å². The summed E-state index contributed by atoms with van der Waals surface area (Å²) in [6.45, 7) is 1.97. The zero-order valence-corrected chi connectivity index (χ0v) is 10.1. The maximum atomic E-state index is 6.23. The summed E-state index contributed by atoms with van der Waals surface area (Å²) in [5, 5.41) is 5.01. The predicted molar refractivity (Wildman–Crippen MR) is 65.4 cm³/mol. The maximum Gasteiger partial charge on any atom is 0.0837 e. The first-order valence-electron chi connectivity index (χ1n) is 5.09. The minimum atomic E-state index is -0.270. The van der Waals surface area contributed by atoms with Gasteiger partial charge in [-0.1, -0.05) is 29.8 Å². The molecule has 2 rings (SSSR count). The van der Waals surface area contributed by atoms with Crippen LogP contribution in [0.15, 0.2) is 30.5 Å². The average molecular weight is 236 g/mol. The van der Waals surface area contributed by atoms with E-state index in [2.05, 4.69) is 5.10 Å². The molecule has 0 saturated heterocycles. The van der Waals surface area contributed by atoms with Crippen molar-refractivity contribution >= 4 is 11.6 Å². The van der Waals surface area contributed by atoms with Gasteiger partial charge in [0.1, 0.15) is 0 Å². The third kappa shape index (κ3) is 1.96. The van der Waals surface area contributed by atoms with E-state index >= 15 is 0 Å². The molecule has 1 heterocycles. The van der Waals surface area contributed by atoms with Crippen LogP contribution in [0.2, 0.25) is 5.02 Å². The summed E-state index contributed by atoms with van der Waals surface area (Å²) in [6.07, 6.45) is 1.87. The molecule has 0 fully saturated rings. The van der Waals surface area contributed by atoms with E-state index in [4.69, 9.17) is 17.3 Å². The summed E-state index contributed by atoms with van der Waals surface area (Å²) in [6, 6.07) is 7.50. The summed E-state index contributed by atoms with van der Waals surface area (Å²) < 4.78 is 1.74. The van der Waals surface area contributed by atoms with E-state index in [0.717, 1.165) is 21.8 Å². The van der Waals surface area contributed by atoms with Crippen LogP contribution in [-0.2, 0) is 7.05 Å². The van der Waals surface area contributed by atoms with Crippen molar-refractivity contribution in [3.05, 3.63) is 52.3 Å². The molecule has 0 amide bonds. The maximum absolute atomic E-state index is 6.23. The van der Waals surface area contributed by atoms with Gasteiger partial charge in [-0.05, 0) is 24.1 Å². The van der Waals surface area contributed by atoms with E-state index in [-0.39, 0.29) is 6.04 Å². The fraction of sp³-hybridized carbons (Fsp3) is 0.250. The molecule has 1 aromatic carbocycles. The molecule has 1 unspecified atom stereocenters. The summed E-state index contributed by atoms with van der Waals surface area (Å²) in [4.78, 5) is 0. The van der Waals surface area contributed by atoms with Crippen LogP contribution in [0.5, 0.6) is 0 Å². The van der Waals surface area contributed by atoms with Crippen molar-refractivity contribution in [2.45, 2.75) is 13.0 Å². The van der Waals surface area contributed by atoms with Gasteiger partial charge in [-0.15, -0.1) is 0 Å². The summed E-state index contributed by atoms with van der Waals surface area (Å²) >= 11 is 6.23. The molecule has 84 valence electrons. The van der Waals surface area contributed by atoms with Crippen LogP contribution in [0.25, 0.3) is 0 Å². The van der Waals surface area contributed by atoms with E-state index in [9.17, 15) is 0 Å². The van der Waals surface area contributed by atoms with Gasteiger partial charge in [0.2, 0.25) is 0 Å². The molecule has 0 aliphatic rings. The summed E-state index contributed by atoms with van der Waals surface area (Å²) in [5.41, 5.74) is 8.92. The predicted octanol–water partition coefficient (Wildman–Crippen LogP) is 2.43. The number of aromatic nitrogens is 2. The smallest absolute Gasteiger partial charge is 0.0837 e. The molecule has 0 aliphatic heterocycles. The lowest BCUT2D eigenvalue weighted by Crippen LogP contribution is -2.13. The van der Waals surface area contributed by atoms with E-state index in [1.54, 1.807) is 4.68 Å². The van der Waals surface area contributed by atoms with Crippen LogP contribution in [-0.4, -0.2) is 9.78 Å². The molecular weight excluding hydrogens is 222 g/mol. The highest BCUT2D eigenvalue weighted by Crippen LogP contribution is 2.27. The number of nitrogens with zero attached hydrogens (tertiary/aromatic N) is 2. The van der Waals surface area contributed by atoms with Crippen LogP contribution in [0.1, 0.15) is 22.9 Å². The van der Waals surface area contributed by atoms with Gasteiger partial charge < -0.3 is 5.73 Å². The third-order valence-corrected chi connectivity index (χ3v) is 3.13. The Morgan fingerprint density at radius 1 is 1.38 bits per heavy atom. The quantitative estimate of drug-likeness (QED) is 0.869. The Morgan fingerprint density at radius 3 is 2.75 bits per heavy atom. The Kier molecular flexibility index (Phi) is 2.99. The summed E-state index contributed by atoms with van der Waals surface area (Å²) in [7, 11) is 1.87. The lowest BCUT2D eigenvalue weighted by Gasteiger charge is -2.12. The number of nitrogens with two attached hydrogens (primary N) is 1. The largest absolute Gasteiger partial charge is 0.319 e. The van der Waals surface area contributed by atoms with Crippen molar-refractivity contribution in [3.63, 3.8) is 0 Å². The van der Waals surface area contributed by atoms with E-state index < -0.39 is 0 Å². The van der Waals surface area contributed by atoms with Crippen molar-refractivity contribution in [1.29, 1.82) is 0 Å². The van der Waals surface area contributed by atoms with Crippen LogP contribution < -0.4 is 5.73 Å². The highest BCUT2D eigenvalue weighted by molar-refractivity contribution is 6.32. The molecule has 3 nitrogen and oxygen atoms in total. The Labute approximate surface area is 99.8 Å². The average Bonchev–Trinajstić information content (AvgIpc) is 2.68. The van der Waals surface area contributed by atoms with Crippen LogP contribution in [0, 0.1) is 6.92 Å². The number of benzene rings is 1. The fourth-order valence-corrected chi connectivity index (χ4v) is 1.91. The number of halogens is 1. The molecule has 2 aromatic rings. The van der Waals surface area contributed by atoms with Gasteiger partial charge in [0.05, 0.1) is 11.7 Å². The van der Waals surface area contributed by atoms with Crippen molar-refractivity contribution in [3.8, 4) is 0 Å². The second-order valence-corrected chi connectivity index (χ2v) is 4.25. The molecule has 16 heavy (non-hydrogen) atoms. The Bertz CT molecular complexity index is 505. The molecule has 4 heteroatoms. The molecule has 0 radical (unpaired) electrons. The van der Waals surface area contributed by atoms with Crippen LogP contribution >= 0.6 is 11.6 Å². The topological polar surface area (TPSA) is 43.8 Å². The fourth-order valence-electron chi connectivity index (χ4n) is 1.67. The van der Waals surface area contributed by atoms with Gasteiger partial charge in [-0.3, -0.25) is 4.68 Å². The normalized spacial score (nSPS) is 12.8. The molecule has 1 aromatic heterocycles. The van der Waals surface area contributed by atoms with Gasteiger partial charge in [0, 0.05) is 18.3 Å². The number of aryl methyl sites for hydroxylation is 2. The van der Waals surface area contributed by atoms with E-state index in [1.807, 2.05) is 44.4 Å². The molecule has 1 atom stereocenters. The zero-order valence-electron chi connectivity index (χ0n) is 9.31. The Hall–Kier alpha value is -1.32. The van der Waals surface area contributed by atoms with Crippen LogP contribution in [0.3, 0.4) is 0 Å². The second-order valence-electron chi connectivity index (χ2n) is 3.87. The Morgan fingerprint density at radius 2 is 2.12 bits per heavy atom. The van der Waals surface area contributed by atoms with E-state index in [0.29, 0.717) is 0 Å². The zero-order chi connectivity index (χ0) is 11.7. The highest BCUT2D eigenvalue weighted by atomic mass is 35.5. The SMILES string of the molecule is Cc1cccc(C(N)c2ccn(C)n2)c1Cl. The number of hydrogen-bond acceptors (Lipinski definition) is 2. The van der Waals surface area contributed by atoms with Gasteiger partial charge >= 0.3 is 0 Å². The highest BCUT2D eigenvalue weighted by Gasteiger charge is 2.15. The standard InChI is InChI=1S/C12H14ClN3/c1-8-4-3-5-9(11(8)13)12(14)10-6-7-16(2)15-10/h3-7,12H,14H2,1-2H3. The van der Waals surface area contributed by atoms with Crippen molar-refractivity contribution in [2.75, 3.05) is 0 Å². The molecule has 0 spiro atoms. The molecule has 0 bridgehead atoms. The number of hydrogen-bond donors (Lipinski definition) is 1. The van der Waals surface area contributed by atoms with Crippen molar-refractivity contribution in [2.24, 2.45) is 12.8 Å². The minimum Gasteiger partial charge on any atom is -0.319 e. The van der Waals surface area contributed by atoms with E-state index in [1.165, 1.54) is 0 Å². The van der Waals surface area contributed by atoms with Crippen LogP contribution in [0.4, 0.5) is 0 Å². The first kappa shape index (κ1) is 11.2. The van der Waals surface area contributed by atoms with Gasteiger partial charge in [-0.2, -0.15) is 5.10 Å².